The minimum absolute atomic E-state index is 0. The average Bonchev–Trinajstić information content (AvgIpc) is 2.67. The summed E-state index contributed by atoms with van der Waals surface area (Å²) < 4.78 is 0. The minimum Gasteiger partial charge on any atom is -0.550 e. The largest absolute Gasteiger partial charge is 1.00 e. The number of carbonyl (C=O) groups excluding carboxylic acids is 1. The Morgan fingerprint density at radius 2 is 1.10 bits per heavy atom. The van der Waals surface area contributed by atoms with Crippen molar-refractivity contribution >= 4 is 5.97 Å². The fourth-order valence-corrected chi connectivity index (χ4v) is 3.99. The van der Waals surface area contributed by atoms with Crippen molar-refractivity contribution in [2.45, 2.75) is 142 Å². The van der Waals surface area contributed by atoms with Gasteiger partial charge in [-0.05, 0) is 52.1 Å². The molecule has 0 rings (SSSR count). The Kier molecular flexibility index (Phi) is 26.2. The maximum absolute atomic E-state index is 10.5. The number of aliphatic carboxylic acids is 1. The smallest absolute Gasteiger partial charge is 0.550 e. The fraction of sp³-hybridized carbons (Fsp3) is 0.960. The number of nitrogens with zero attached hydrogens (tertiary/aromatic N) is 1. The predicted molar refractivity (Wildman–Crippen MR) is 120 cm³/mol. The molecule has 0 amide bonds. The molecular formula is C25H50LiNO2. The molecule has 0 radical (unpaired) electrons. The summed E-state index contributed by atoms with van der Waals surface area (Å²) in [5, 5.41) is 10.5. The third-order valence-corrected chi connectivity index (χ3v) is 5.97. The first-order valence-electron chi connectivity index (χ1n) is 12.6. The van der Waals surface area contributed by atoms with E-state index in [9.17, 15) is 9.90 Å². The van der Waals surface area contributed by atoms with Gasteiger partial charge in [-0.2, -0.15) is 0 Å². The molecule has 0 aliphatic heterocycles. The van der Waals surface area contributed by atoms with Crippen LogP contribution in [0.3, 0.4) is 0 Å². The Balaban J connectivity index is 0. The molecule has 1 unspecified atom stereocenters. The Hall–Kier alpha value is 0.0274. The normalized spacial score (nSPS) is 12.1. The average molecular weight is 404 g/mol. The topological polar surface area (TPSA) is 43.4 Å². The summed E-state index contributed by atoms with van der Waals surface area (Å²) >= 11 is 0. The zero-order chi connectivity index (χ0) is 20.9. The van der Waals surface area contributed by atoms with Crippen LogP contribution in [0.25, 0.3) is 0 Å². The molecule has 0 aliphatic rings. The Labute approximate surface area is 195 Å². The van der Waals surface area contributed by atoms with Gasteiger partial charge in [0.15, 0.2) is 0 Å². The summed E-state index contributed by atoms with van der Waals surface area (Å²) in [6.45, 7) is 9.47. The van der Waals surface area contributed by atoms with Crippen LogP contribution < -0.4 is 24.0 Å². The number of hydrogen-bond donors (Lipinski definition) is 0. The molecule has 0 N–H and O–H groups in total. The van der Waals surface area contributed by atoms with Gasteiger partial charge in [-0.3, -0.25) is 0 Å². The number of hydrogen-bond acceptors (Lipinski definition) is 3. The molecule has 0 aliphatic carbocycles. The Bertz CT molecular complexity index is 323. The van der Waals surface area contributed by atoms with Crippen LogP contribution in [0.5, 0.6) is 0 Å². The second kappa shape index (κ2) is 24.3. The molecule has 4 heteroatoms. The maximum Gasteiger partial charge on any atom is 1.00 e. The number of carboxylic acid groups (broad SMARTS) is 1. The van der Waals surface area contributed by atoms with Crippen molar-refractivity contribution in [1.82, 2.24) is 4.90 Å². The van der Waals surface area contributed by atoms with Gasteiger partial charge in [0.05, 0.1) is 0 Å². The summed E-state index contributed by atoms with van der Waals surface area (Å²) in [4.78, 5) is 13.2. The quantitative estimate of drug-likeness (QED) is 0.205. The van der Waals surface area contributed by atoms with Crippen LogP contribution in [-0.2, 0) is 4.79 Å². The molecular weight excluding hydrogens is 353 g/mol. The number of rotatable bonds is 22. The van der Waals surface area contributed by atoms with Crippen molar-refractivity contribution in [3.8, 4) is 0 Å². The van der Waals surface area contributed by atoms with Gasteiger partial charge in [-0.1, -0.05) is 97.3 Å². The molecule has 3 nitrogen and oxygen atoms in total. The first-order valence-corrected chi connectivity index (χ1v) is 12.6. The first-order chi connectivity index (χ1) is 13.6. The second-order valence-electron chi connectivity index (χ2n) is 8.75. The van der Waals surface area contributed by atoms with E-state index in [1.807, 2.05) is 0 Å². The SMILES string of the molecule is CCCCCCCCN(CCCCCCCC)C(C)CCCCCCC(=O)[O-].[Li+]. The van der Waals surface area contributed by atoms with Crippen LogP contribution in [0.1, 0.15) is 136 Å². The first kappa shape index (κ1) is 31.2. The van der Waals surface area contributed by atoms with Gasteiger partial charge in [-0.25, -0.2) is 0 Å². The Morgan fingerprint density at radius 3 is 1.59 bits per heavy atom. The van der Waals surface area contributed by atoms with Crippen molar-refractivity contribution in [2.24, 2.45) is 0 Å². The van der Waals surface area contributed by atoms with Crippen LogP contribution >= 0.6 is 0 Å². The molecule has 0 aromatic rings. The summed E-state index contributed by atoms with van der Waals surface area (Å²) in [6.07, 6.45) is 22.1. The van der Waals surface area contributed by atoms with E-state index in [1.165, 1.54) is 103 Å². The van der Waals surface area contributed by atoms with E-state index in [0.29, 0.717) is 6.04 Å². The molecule has 1 atom stereocenters. The van der Waals surface area contributed by atoms with Gasteiger partial charge >= 0.3 is 18.9 Å². The standard InChI is InChI=1S/C25H51NO2.Li/c1-4-6-8-10-14-18-22-26(23-19-15-11-9-7-5-2)24(3)20-16-12-13-17-21-25(27)28;/h24H,4-23H2,1-3H3,(H,27,28);/q;+1/p-1. The van der Waals surface area contributed by atoms with E-state index in [-0.39, 0.29) is 25.3 Å². The van der Waals surface area contributed by atoms with Crippen molar-refractivity contribution in [2.75, 3.05) is 13.1 Å². The van der Waals surface area contributed by atoms with Crippen molar-refractivity contribution in [3.05, 3.63) is 0 Å². The number of unbranched alkanes of at least 4 members (excludes halogenated alkanes) is 13. The van der Waals surface area contributed by atoms with Crippen LogP contribution in [0, 0.1) is 0 Å². The number of carboxylic acids is 1. The maximum atomic E-state index is 10.5. The van der Waals surface area contributed by atoms with Crippen molar-refractivity contribution < 1.29 is 28.8 Å². The molecule has 0 aromatic carbocycles. The summed E-state index contributed by atoms with van der Waals surface area (Å²) in [6, 6.07) is 0.660. The van der Waals surface area contributed by atoms with Crippen molar-refractivity contribution in [1.29, 1.82) is 0 Å². The van der Waals surface area contributed by atoms with Crippen LogP contribution in [0.2, 0.25) is 0 Å². The van der Waals surface area contributed by atoms with E-state index in [1.54, 1.807) is 0 Å². The summed E-state index contributed by atoms with van der Waals surface area (Å²) in [5.74, 6) is -0.905. The van der Waals surface area contributed by atoms with E-state index in [2.05, 4.69) is 25.7 Å². The Morgan fingerprint density at radius 1 is 0.690 bits per heavy atom. The zero-order valence-corrected chi connectivity index (χ0v) is 20.5. The van der Waals surface area contributed by atoms with Crippen LogP contribution in [-0.4, -0.2) is 30.0 Å². The molecule has 0 saturated heterocycles. The van der Waals surface area contributed by atoms with Crippen molar-refractivity contribution in [3.63, 3.8) is 0 Å². The van der Waals surface area contributed by atoms with Crippen LogP contribution in [0.4, 0.5) is 0 Å². The molecule has 0 heterocycles. The molecule has 0 bridgehead atoms. The molecule has 168 valence electrons. The summed E-state index contributed by atoms with van der Waals surface area (Å²) in [7, 11) is 0. The van der Waals surface area contributed by atoms with Gasteiger partial charge in [0.25, 0.3) is 0 Å². The number of carbonyl (C=O) groups is 1. The fourth-order valence-electron chi connectivity index (χ4n) is 3.99. The van der Waals surface area contributed by atoms with Crippen LogP contribution in [0.15, 0.2) is 0 Å². The molecule has 0 fully saturated rings. The third kappa shape index (κ3) is 22.5. The minimum atomic E-state index is -0.905. The molecule has 0 saturated carbocycles. The monoisotopic (exact) mass is 403 g/mol. The van der Waals surface area contributed by atoms with Gasteiger partial charge < -0.3 is 14.8 Å². The second-order valence-corrected chi connectivity index (χ2v) is 8.75. The van der Waals surface area contributed by atoms with E-state index < -0.39 is 5.97 Å². The summed E-state index contributed by atoms with van der Waals surface area (Å²) in [5.41, 5.74) is 0. The van der Waals surface area contributed by atoms with Gasteiger partial charge in [0.1, 0.15) is 0 Å². The van der Waals surface area contributed by atoms with E-state index in [4.69, 9.17) is 0 Å². The van der Waals surface area contributed by atoms with Gasteiger partial charge in [-0.15, -0.1) is 0 Å². The zero-order valence-electron chi connectivity index (χ0n) is 20.5. The van der Waals surface area contributed by atoms with E-state index >= 15 is 0 Å². The predicted octanol–water partition coefficient (Wildman–Crippen LogP) is 3.49. The molecule has 29 heavy (non-hydrogen) atoms. The van der Waals surface area contributed by atoms with Gasteiger partial charge in [0, 0.05) is 12.0 Å². The van der Waals surface area contributed by atoms with Gasteiger partial charge in [0.2, 0.25) is 0 Å². The van der Waals surface area contributed by atoms with E-state index in [0.717, 1.165) is 19.3 Å². The molecule has 0 spiro atoms. The third-order valence-electron chi connectivity index (χ3n) is 5.97. The molecule has 0 aromatic heterocycles.